The Kier molecular flexibility index (Phi) is 8.65. The molecule has 0 bridgehead atoms. The Labute approximate surface area is 257 Å². The molecule has 0 unspecified atom stereocenters. The molecular formula is C35H36N6O3. The summed E-state index contributed by atoms with van der Waals surface area (Å²) in [7, 11) is 0. The fourth-order valence-corrected chi connectivity index (χ4v) is 5.90. The number of hydrogen-bond acceptors (Lipinski definition) is 7. The van der Waals surface area contributed by atoms with Gasteiger partial charge in [-0.25, -0.2) is 4.79 Å². The van der Waals surface area contributed by atoms with Crippen LogP contribution in [0, 0.1) is 0 Å². The molecule has 9 heteroatoms. The largest absolute Gasteiger partial charge is 0.508 e. The van der Waals surface area contributed by atoms with Gasteiger partial charge >= 0.3 is 6.03 Å². The monoisotopic (exact) mass is 588 g/mol. The van der Waals surface area contributed by atoms with E-state index in [9.17, 15) is 14.7 Å². The van der Waals surface area contributed by atoms with Gasteiger partial charge in [-0.05, 0) is 70.7 Å². The number of allylic oxidation sites excluding steroid dienone is 1. The van der Waals surface area contributed by atoms with Gasteiger partial charge in [0, 0.05) is 51.4 Å². The van der Waals surface area contributed by atoms with Crippen molar-refractivity contribution in [3.05, 3.63) is 113 Å². The molecule has 0 saturated carbocycles. The van der Waals surface area contributed by atoms with E-state index in [0.717, 1.165) is 49.4 Å². The fraction of sp³-hybridized carbons (Fsp3) is 0.257. The van der Waals surface area contributed by atoms with Crippen LogP contribution in [0.4, 0.5) is 16.3 Å². The second kappa shape index (κ2) is 13.1. The summed E-state index contributed by atoms with van der Waals surface area (Å²) >= 11 is 0. The van der Waals surface area contributed by atoms with Crippen molar-refractivity contribution < 1.29 is 14.7 Å². The van der Waals surface area contributed by atoms with E-state index >= 15 is 0 Å². The van der Waals surface area contributed by atoms with E-state index in [1.807, 2.05) is 24.3 Å². The van der Waals surface area contributed by atoms with Gasteiger partial charge < -0.3 is 10.0 Å². The Bertz CT molecular complexity index is 1630. The first-order valence-corrected chi connectivity index (χ1v) is 15.1. The third kappa shape index (κ3) is 6.48. The van der Waals surface area contributed by atoms with E-state index in [0.29, 0.717) is 18.9 Å². The SMILES string of the molecule is CCC(=C(c1ccc(O)cc1)c1ccc(N2CCN(Cc3ccc(N4CCC(=O)NC4=O)nn3)CC2)cc1)c1ccccc1. The van der Waals surface area contributed by atoms with Crippen LogP contribution in [0.2, 0.25) is 0 Å². The zero-order valence-corrected chi connectivity index (χ0v) is 24.8. The van der Waals surface area contributed by atoms with Gasteiger partial charge in [0.15, 0.2) is 5.82 Å². The molecule has 3 amide bonds. The highest BCUT2D eigenvalue weighted by molar-refractivity contribution is 6.05. The average Bonchev–Trinajstić information content (AvgIpc) is 3.06. The summed E-state index contributed by atoms with van der Waals surface area (Å²) in [5.41, 5.74) is 7.91. The molecule has 2 aliphatic heterocycles. The summed E-state index contributed by atoms with van der Waals surface area (Å²) in [5.74, 6) is 0.440. The molecule has 0 spiro atoms. The minimum atomic E-state index is -0.456. The van der Waals surface area contributed by atoms with Gasteiger partial charge in [0.25, 0.3) is 0 Å². The number of amides is 3. The number of carbonyl (C=O) groups excluding carboxylic acids is 2. The van der Waals surface area contributed by atoms with Crippen LogP contribution in [0.15, 0.2) is 91.0 Å². The van der Waals surface area contributed by atoms with E-state index in [2.05, 4.69) is 80.8 Å². The quantitative estimate of drug-likeness (QED) is 0.269. The molecule has 1 aromatic heterocycles. The van der Waals surface area contributed by atoms with Crippen LogP contribution >= 0.6 is 0 Å². The van der Waals surface area contributed by atoms with Crippen molar-refractivity contribution in [2.45, 2.75) is 26.3 Å². The number of rotatable bonds is 8. The number of benzene rings is 3. The van der Waals surface area contributed by atoms with Crippen molar-refractivity contribution in [3.63, 3.8) is 0 Å². The number of piperazine rings is 1. The lowest BCUT2D eigenvalue weighted by Gasteiger charge is -2.36. The van der Waals surface area contributed by atoms with Crippen molar-refractivity contribution in [2.75, 3.05) is 42.5 Å². The van der Waals surface area contributed by atoms with E-state index in [1.165, 1.54) is 27.3 Å². The molecule has 2 N–H and O–H groups in total. The van der Waals surface area contributed by atoms with Crippen LogP contribution < -0.4 is 15.1 Å². The van der Waals surface area contributed by atoms with Crippen LogP contribution in [0.25, 0.3) is 11.1 Å². The minimum absolute atomic E-state index is 0.256. The average molecular weight is 589 g/mol. The molecule has 0 atom stereocenters. The van der Waals surface area contributed by atoms with Gasteiger partial charge in [-0.1, -0.05) is 61.5 Å². The maximum Gasteiger partial charge on any atom is 0.329 e. The smallest absolute Gasteiger partial charge is 0.329 e. The first kappa shape index (κ1) is 29.1. The predicted octanol–water partition coefficient (Wildman–Crippen LogP) is 5.32. The number of aromatic hydroxyl groups is 1. The molecule has 3 heterocycles. The van der Waals surface area contributed by atoms with Gasteiger partial charge in [-0.2, -0.15) is 5.10 Å². The second-order valence-corrected chi connectivity index (χ2v) is 11.1. The minimum Gasteiger partial charge on any atom is -0.508 e. The molecule has 224 valence electrons. The molecule has 2 fully saturated rings. The molecular weight excluding hydrogens is 552 g/mol. The number of carbonyl (C=O) groups is 2. The Morgan fingerprint density at radius 1 is 0.773 bits per heavy atom. The number of anilines is 2. The van der Waals surface area contributed by atoms with Gasteiger partial charge in [-0.15, -0.1) is 5.10 Å². The standard InChI is InChI=1S/C35H36N6O3/c1-2-31(25-6-4-3-5-7-25)34(27-10-15-30(42)16-11-27)26-8-13-29(14-9-26)40-22-20-39(21-23-40)24-28-12-17-32(38-37-28)41-19-18-33(43)36-35(41)44/h3-17,42H,2,18-24H2,1H3,(H,36,43,44). The molecule has 44 heavy (non-hydrogen) atoms. The summed E-state index contributed by atoms with van der Waals surface area (Å²) in [6.07, 6.45) is 1.14. The topological polar surface area (TPSA) is 102 Å². The molecule has 2 saturated heterocycles. The van der Waals surface area contributed by atoms with Crippen LogP contribution in [0.3, 0.4) is 0 Å². The summed E-state index contributed by atoms with van der Waals surface area (Å²) in [4.78, 5) is 29.7. The number of phenols is 1. The molecule has 6 rings (SSSR count). The highest BCUT2D eigenvalue weighted by Crippen LogP contribution is 2.35. The molecule has 4 aromatic rings. The van der Waals surface area contributed by atoms with Gasteiger partial charge in [0.2, 0.25) is 5.91 Å². The normalized spacial score (nSPS) is 16.5. The van der Waals surface area contributed by atoms with Crippen LogP contribution in [-0.4, -0.2) is 64.9 Å². The predicted molar refractivity (Wildman–Crippen MR) is 172 cm³/mol. The summed E-state index contributed by atoms with van der Waals surface area (Å²) < 4.78 is 0. The van der Waals surface area contributed by atoms with Crippen molar-refractivity contribution >= 4 is 34.6 Å². The van der Waals surface area contributed by atoms with Crippen molar-refractivity contribution in [3.8, 4) is 5.75 Å². The number of nitrogens with one attached hydrogen (secondary N) is 1. The van der Waals surface area contributed by atoms with Gasteiger partial charge in [0.05, 0.1) is 5.69 Å². The van der Waals surface area contributed by atoms with Crippen LogP contribution in [0.5, 0.6) is 5.75 Å². The fourth-order valence-electron chi connectivity index (χ4n) is 5.90. The van der Waals surface area contributed by atoms with Crippen molar-refractivity contribution in [1.29, 1.82) is 0 Å². The third-order valence-corrected chi connectivity index (χ3v) is 8.25. The van der Waals surface area contributed by atoms with E-state index in [1.54, 1.807) is 18.2 Å². The molecule has 9 nitrogen and oxygen atoms in total. The lowest BCUT2D eigenvalue weighted by molar-refractivity contribution is -0.120. The van der Waals surface area contributed by atoms with Gasteiger partial charge in [0.1, 0.15) is 5.75 Å². The van der Waals surface area contributed by atoms with Crippen LogP contribution in [-0.2, 0) is 11.3 Å². The lowest BCUT2D eigenvalue weighted by Crippen LogP contribution is -2.50. The first-order chi connectivity index (χ1) is 21.5. The Morgan fingerprint density at radius 2 is 1.45 bits per heavy atom. The molecule has 2 aliphatic rings. The zero-order chi connectivity index (χ0) is 30.5. The Balaban J connectivity index is 1.12. The number of hydrogen-bond donors (Lipinski definition) is 2. The zero-order valence-electron chi connectivity index (χ0n) is 24.8. The second-order valence-electron chi connectivity index (χ2n) is 11.1. The number of nitrogens with zero attached hydrogens (tertiary/aromatic N) is 5. The molecule has 3 aromatic carbocycles. The van der Waals surface area contributed by atoms with Crippen LogP contribution in [0.1, 0.15) is 42.1 Å². The summed E-state index contributed by atoms with van der Waals surface area (Å²) in [6, 6.07) is 30.0. The van der Waals surface area contributed by atoms with E-state index in [4.69, 9.17) is 0 Å². The number of aromatic nitrogens is 2. The van der Waals surface area contributed by atoms with Gasteiger partial charge in [-0.3, -0.25) is 19.9 Å². The number of urea groups is 1. The van der Waals surface area contributed by atoms with Crippen molar-refractivity contribution in [2.24, 2.45) is 0 Å². The number of phenolic OH excluding ortho intramolecular Hbond substituents is 1. The third-order valence-electron chi connectivity index (χ3n) is 8.25. The Hall–Kier alpha value is -5.02. The maximum absolute atomic E-state index is 12.1. The van der Waals surface area contributed by atoms with E-state index < -0.39 is 6.03 Å². The summed E-state index contributed by atoms with van der Waals surface area (Å²) in [6.45, 7) is 6.78. The summed E-state index contributed by atoms with van der Waals surface area (Å²) in [5, 5.41) is 20.8. The highest BCUT2D eigenvalue weighted by atomic mass is 16.3. The molecule has 0 radical (unpaired) electrons. The maximum atomic E-state index is 12.1. The highest BCUT2D eigenvalue weighted by Gasteiger charge is 2.26. The Morgan fingerprint density at radius 3 is 2.07 bits per heavy atom. The number of imide groups is 1. The first-order valence-electron chi connectivity index (χ1n) is 15.1. The van der Waals surface area contributed by atoms with Crippen molar-refractivity contribution in [1.82, 2.24) is 20.4 Å². The van der Waals surface area contributed by atoms with E-state index in [-0.39, 0.29) is 18.1 Å². The lowest BCUT2D eigenvalue weighted by atomic mass is 9.88. The molecule has 0 aliphatic carbocycles.